The van der Waals surface area contributed by atoms with E-state index in [2.05, 4.69) is 15.3 Å². The molecular formula is C10H17N3OS. The average molecular weight is 227 g/mol. The molecule has 1 aromatic rings. The number of hydrogen-bond acceptors (Lipinski definition) is 4. The van der Waals surface area contributed by atoms with E-state index < -0.39 is 0 Å². The molecule has 5 heteroatoms. The van der Waals surface area contributed by atoms with Crippen molar-refractivity contribution in [2.24, 2.45) is 5.92 Å². The Balaban J connectivity index is 1.80. The van der Waals surface area contributed by atoms with Gasteiger partial charge >= 0.3 is 0 Å². The summed E-state index contributed by atoms with van der Waals surface area (Å²) < 4.78 is 5.40. The Labute approximate surface area is 94.2 Å². The highest BCUT2D eigenvalue weighted by atomic mass is 32.2. The molecule has 1 aromatic heterocycles. The van der Waals surface area contributed by atoms with Crippen LogP contribution < -0.4 is 5.32 Å². The van der Waals surface area contributed by atoms with Crippen molar-refractivity contribution in [3.8, 4) is 0 Å². The number of aromatic amines is 1. The van der Waals surface area contributed by atoms with Crippen molar-refractivity contribution in [3.05, 3.63) is 12.4 Å². The molecule has 0 aromatic carbocycles. The molecule has 1 aliphatic rings. The van der Waals surface area contributed by atoms with Crippen molar-refractivity contribution >= 4 is 11.8 Å². The van der Waals surface area contributed by atoms with Gasteiger partial charge in [0.15, 0.2) is 5.16 Å². The van der Waals surface area contributed by atoms with Gasteiger partial charge in [-0.1, -0.05) is 11.8 Å². The Morgan fingerprint density at radius 3 is 3.33 bits per heavy atom. The van der Waals surface area contributed by atoms with E-state index in [-0.39, 0.29) is 0 Å². The van der Waals surface area contributed by atoms with Crippen LogP contribution in [0.5, 0.6) is 0 Å². The van der Waals surface area contributed by atoms with E-state index in [4.69, 9.17) is 4.74 Å². The van der Waals surface area contributed by atoms with Gasteiger partial charge in [-0.05, 0) is 13.5 Å². The zero-order valence-corrected chi connectivity index (χ0v) is 9.72. The van der Waals surface area contributed by atoms with Gasteiger partial charge < -0.3 is 15.0 Å². The molecule has 1 fully saturated rings. The lowest BCUT2D eigenvalue weighted by Crippen LogP contribution is -2.36. The lowest BCUT2D eigenvalue weighted by molar-refractivity contribution is 0.180. The summed E-state index contributed by atoms with van der Waals surface area (Å²) in [5.74, 6) is 1.69. The topological polar surface area (TPSA) is 49.9 Å². The van der Waals surface area contributed by atoms with Crippen LogP contribution in [0.3, 0.4) is 0 Å². The minimum atomic E-state index is 0.516. The SMILES string of the molecule is CNC(CSc1ncc[nH]1)C1CCOC1. The Kier molecular flexibility index (Phi) is 4.05. The van der Waals surface area contributed by atoms with Crippen LogP contribution in [0.1, 0.15) is 6.42 Å². The maximum Gasteiger partial charge on any atom is 0.165 e. The molecule has 1 aliphatic heterocycles. The van der Waals surface area contributed by atoms with Crippen LogP contribution >= 0.6 is 11.8 Å². The number of ether oxygens (including phenoxy) is 1. The van der Waals surface area contributed by atoms with Crippen LogP contribution in [0.4, 0.5) is 0 Å². The van der Waals surface area contributed by atoms with Gasteiger partial charge in [-0.2, -0.15) is 0 Å². The molecule has 4 nitrogen and oxygen atoms in total. The molecule has 0 radical (unpaired) electrons. The molecule has 2 N–H and O–H groups in total. The molecule has 2 atom stereocenters. The highest BCUT2D eigenvalue weighted by Gasteiger charge is 2.24. The zero-order chi connectivity index (χ0) is 10.5. The molecule has 0 bridgehead atoms. The summed E-state index contributed by atoms with van der Waals surface area (Å²) in [6.45, 7) is 1.80. The first-order chi connectivity index (χ1) is 7.40. The molecule has 15 heavy (non-hydrogen) atoms. The number of H-pyrrole nitrogens is 1. The van der Waals surface area contributed by atoms with Gasteiger partial charge in [0.05, 0.1) is 6.61 Å². The van der Waals surface area contributed by atoms with Crippen LogP contribution in [0.25, 0.3) is 0 Å². The Morgan fingerprint density at radius 1 is 1.80 bits per heavy atom. The van der Waals surface area contributed by atoms with Gasteiger partial charge in [-0.3, -0.25) is 0 Å². The molecule has 2 heterocycles. The standard InChI is InChI=1S/C10H17N3OS/c1-11-9(8-2-5-14-6-8)7-15-10-12-3-4-13-10/h3-4,8-9,11H,2,5-7H2,1H3,(H,12,13). The maximum atomic E-state index is 5.40. The quantitative estimate of drug-likeness (QED) is 0.740. The highest BCUT2D eigenvalue weighted by molar-refractivity contribution is 7.99. The van der Waals surface area contributed by atoms with Crippen molar-refractivity contribution in [1.29, 1.82) is 0 Å². The van der Waals surface area contributed by atoms with E-state index in [0.29, 0.717) is 12.0 Å². The predicted octanol–water partition coefficient (Wildman–Crippen LogP) is 1.13. The number of hydrogen-bond donors (Lipinski definition) is 2. The first kappa shape index (κ1) is 11.0. The van der Waals surface area contributed by atoms with Crippen molar-refractivity contribution in [3.63, 3.8) is 0 Å². The molecule has 84 valence electrons. The minimum absolute atomic E-state index is 0.516. The van der Waals surface area contributed by atoms with Crippen LogP contribution in [0.15, 0.2) is 17.6 Å². The first-order valence-electron chi connectivity index (χ1n) is 5.27. The molecule has 0 spiro atoms. The number of rotatable bonds is 5. The molecule has 0 amide bonds. The van der Waals surface area contributed by atoms with E-state index >= 15 is 0 Å². The maximum absolute atomic E-state index is 5.40. The third kappa shape index (κ3) is 2.96. The number of nitrogens with zero attached hydrogens (tertiary/aromatic N) is 1. The molecular weight excluding hydrogens is 210 g/mol. The molecule has 1 saturated heterocycles. The summed E-state index contributed by atoms with van der Waals surface area (Å²) in [6, 6.07) is 0.516. The molecule has 2 rings (SSSR count). The third-order valence-electron chi connectivity index (χ3n) is 2.78. The first-order valence-corrected chi connectivity index (χ1v) is 6.26. The Bertz CT molecular complexity index is 272. The lowest BCUT2D eigenvalue weighted by Gasteiger charge is -2.20. The zero-order valence-electron chi connectivity index (χ0n) is 8.90. The van der Waals surface area contributed by atoms with Crippen molar-refractivity contribution < 1.29 is 4.74 Å². The van der Waals surface area contributed by atoms with Gasteiger partial charge in [-0.15, -0.1) is 0 Å². The van der Waals surface area contributed by atoms with Gasteiger partial charge in [0, 0.05) is 36.7 Å². The second kappa shape index (κ2) is 5.53. The van der Waals surface area contributed by atoms with Gasteiger partial charge in [0.2, 0.25) is 0 Å². The number of nitrogens with one attached hydrogen (secondary N) is 2. The fourth-order valence-electron chi connectivity index (χ4n) is 1.82. The Hall–Kier alpha value is -0.520. The minimum Gasteiger partial charge on any atom is -0.381 e. The number of imidazole rings is 1. The summed E-state index contributed by atoms with van der Waals surface area (Å²) in [6.07, 6.45) is 4.81. The molecule has 0 saturated carbocycles. The number of thioether (sulfide) groups is 1. The highest BCUT2D eigenvalue weighted by Crippen LogP contribution is 2.22. The summed E-state index contributed by atoms with van der Waals surface area (Å²) in [5.41, 5.74) is 0. The van der Waals surface area contributed by atoms with E-state index in [1.165, 1.54) is 6.42 Å². The molecule has 0 aliphatic carbocycles. The third-order valence-corrected chi connectivity index (χ3v) is 3.80. The van der Waals surface area contributed by atoms with Crippen LogP contribution in [-0.4, -0.2) is 42.0 Å². The summed E-state index contributed by atoms with van der Waals surface area (Å²) in [4.78, 5) is 7.30. The second-order valence-corrected chi connectivity index (χ2v) is 4.73. The summed E-state index contributed by atoms with van der Waals surface area (Å²) in [7, 11) is 2.02. The summed E-state index contributed by atoms with van der Waals surface area (Å²) in [5, 5.41) is 4.36. The van der Waals surface area contributed by atoms with Crippen molar-refractivity contribution in [2.45, 2.75) is 17.6 Å². The van der Waals surface area contributed by atoms with Gasteiger partial charge in [0.25, 0.3) is 0 Å². The van der Waals surface area contributed by atoms with Crippen LogP contribution in [0.2, 0.25) is 0 Å². The monoisotopic (exact) mass is 227 g/mol. The summed E-state index contributed by atoms with van der Waals surface area (Å²) >= 11 is 1.76. The number of aromatic nitrogens is 2. The van der Waals surface area contributed by atoms with Crippen molar-refractivity contribution in [1.82, 2.24) is 15.3 Å². The normalized spacial score (nSPS) is 23.1. The fourth-order valence-corrected chi connectivity index (χ4v) is 2.89. The second-order valence-electron chi connectivity index (χ2n) is 3.72. The fraction of sp³-hybridized carbons (Fsp3) is 0.700. The van der Waals surface area contributed by atoms with Gasteiger partial charge in [-0.25, -0.2) is 4.98 Å². The largest absolute Gasteiger partial charge is 0.381 e. The van der Waals surface area contributed by atoms with E-state index in [1.54, 1.807) is 18.0 Å². The molecule has 2 unspecified atom stereocenters. The van der Waals surface area contributed by atoms with Crippen LogP contribution in [0, 0.1) is 5.92 Å². The average Bonchev–Trinajstić information content (AvgIpc) is 2.90. The smallest absolute Gasteiger partial charge is 0.165 e. The van der Waals surface area contributed by atoms with Crippen LogP contribution in [-0.2, 0) is 4.74 Å². The van der Waals surface area contributed by atoms with E-state index in [9.17, 15) is 0 Å². The Morgan fingerprint density at radius 2 is 2.73 bits per heavy atom. The van der Waals surface area contributed by atoms with E-state index in [1.807, 2.05) is 13.2 Å². The lowest BCUT2D eigenvalue weighted by atomic mass is 10.0. The van der Waals surface area contributed by atoms with Crippen molar-refractivity contribution in [2.75, 3.05) is 26.0 Å². The predicted molar refractivity (Wildman–Crippen MR) is 61.1 cm³/mol. The van der Waals surface area contributed by atoms with Gasteiger partial charge in [0.1, 0.15) is 0 Å². The van der Waals surface area contributed by atoms with E-state index in [0.717, 1.165) is 24.1 Å².